The predicted molar refractivity (Wildman–Crippen MR) is 41.2 cm³/mol. The lowest BCUT2D eigenvalue weighted by Gasteiger charge is -2.22. The molecule has 0 atom stereocenters. The van der Waals surface area contributed by atoms with Crippen molar-refractivity contribution in [2.24, 2.45) is 5.29 Å². The number of hydrogen-bond donors (Lipinski definition) is 0. The molecule has 0 spiro atoms. The van der Waals surface area contributed by atoms with Crippen LogP contribution in [0.1, 0.15) is 11.6 Å². The van der Waals surface area contributed by atoms with Gasteiger partial charge in [-0.05, 0) is 0 Å². The third-order valence-electron chi connectivity index (χ3n) is 2.10. The van der Waals surface area contributed by atoms with Crippen LogP contribution in [0.3, 0.4) is 0 Å². The summed E-state index contributed by atoms with van der Waals surface area (Å²) in [7, 11) is 0. The van der Waals surface area contributed by atoms with Crippen LogP contribution in [-0.2, 0) is 19.3 Å². The lowest BCUT2D eigenvalue weighted by atomic mass is 10.4. The standard InChI is InChI=1S/C6H6F3N5O/c7-6(8,9)5-11-10-4-3-13(12-15)1-2-14(4)5/h1-3H2. The summed E-state index contributed by atoms with van der Waals surface area (Å²) in [4.78, 5) is 10.2. The Morgan fingerprint density at radius 2 is 2.00 bits per heavy atom. The maximum atomic E-state index is 12.4. The predicted octanol–water partition coefficient (Wildman–Crippen LogP) is 0.794. The summed E-state index contributed by atoms with van der Waals surface area (Å²) >= 11 is 0. The fourth-order valence-corrected chi connectivity index (χ4v) is 1.42. The van der Waals surface area contributed by atoms with Crippen LogP contribution in [0.2, 0.25) is 0 Å². The van der Waals surface area contributed by atoms with Gasteiger partial charge in [-0.3, -0.25) is 5.01 Å². The minimum absolute atomic E-state index is 0.0168. The molecule has 0 saturated heterocycles. The molecule has 0 saturated carbocycles. The van der Waals surface area contributed by atoms with Crippen LogP contribution in [0.15, 0.2) is 5.29 Å². The van der Waals surface area contributed by atoms with Crippen molar-refractivity contribution in [1.82, 2.24) is 19.8 Å². The maximum absolute atomic E-state index is 12.4. The molecule has 2 heterocycles. The van der Waals surface area contributed by atoms with Crippen LogP contribution in [0.4, 0.5) is 13.2 Å². The molecule has 15 heavy (non-hydrogen) atoms. The summed E-state index contributed by atoms with van der Waals surface area (Å²) < 4.78 is 38.1. The van der Waals surface area contributed by atoms with Crippen LogP contribution >= 0.6 is 0 Å². The molecule has 0 aliphatic carbocycles. The minimum atomic E-state index is -4.51. The number of nitroso groups, excluding NO2 is 1. The molecule has 1 aliphatic heterocycles. The highest BCUT2D eigenvalue weighted by Crippen LogP contribution is 2.29. The van der Waals surface area contributed by atoms with E-state index in [2.05, 4.69) is 15.5 Å². The first-order valence-electron chi connectivity index (χ1n) is 4.10. The lowest BCUT2D eigenvalue weighted by Crippen LogP contribution is -2.31. The molecule has 0 fully saturated rings. The second-order valence-electron chi connectivity index (χ2n) is 3.06. The normalized spacial score (nSPS) is 16.3. The smallest absolute Gasteiger partial charge is 0.304 e. The Morgan fingerprint density at radius 3 is 2.60 bits per heavy atom. The monoisotopic (exact) mass is 221 g/mol. The number of aromatic nitrogens is 3. The zero-order valence-corrected chi connectivity index (χ0v) is 7.40. The van der Waals surface area contributed by atoms with Gasteiger partial charge in [0.05, 0.1) is 18.4 Å². The summed E-state index contributed by atoms with van der Waals surface area (Å²) in [5.41, 5.74) is 0. The van der Waals surface area contributed by atoms with E-state index in [0.29, 0.717) is 0 Å². The third kappa shape index (κ3) is 1.64. The van der Waals surface area contributed by atoms with Crippen LogP contribution in [0, 0.1) is 4.91 Å². The van der Waals surface area contributed by atoms with Crippen LogP contribution in [0.5, 0.6) is 0 Å². The molecule has 6 nitrogen and oxygen atoms in total. The van der Waals surface area contributed by atoms with Crippen molar-refractivity contribution in [2.45, 2.75) is 19.3 Å². The second kappa shape index (κ2) is 3.17. The van der Waals surface area contributed by atoms with Crippen molar-refractivity contribution < 1.29 is 13.2 Å². The zero-order chi connectivity index (χ0) is 11.1. The van der Waals surface area contributed by atoms with Gasteiger partial charge in [0.15, 0.2) is 5.82 Å². The number of nitrogens with zero attached hydrogens (tertiary/aromatic N) is 5. The Balaban J connectivity index is 2.34. The van der Waals surface area contributed by atoms with E-state index in [1.54, 1.807) is 0 Å². The molecule has 82 valence electrons. The van der Waals surface area contributed by atoms with E-state index >= 15 is 0 Å². The lowest BCUT2D eigenvalue weighted by molar-refractivity contribution is -0.148. The van der Waals surface area contributed by atoms with Crippen molar-refractivity contribution in [3.63, 3.8) is 0 Å². The fraction of sp³-hybridized carbons (Fsp3) is 0.667. The van der Waals surface area contributed by atoms with Crippen molar-refractivity contribution in [3.05, 3.63) is 16.6 Å². The highest BCUT2D eigenvalue weighted by atomic mass is 19.4. The van der Waals surface area contributed by atoms with E-state index in [4.69, 9.17) is 0 Å². The average molecular weight is 221 g/mol. The van der Waals surface area contributed by atoms with Gasteiger partial charge in [0, 0.05) is 6.54 Å². The van der Waals surface area contributed by atoms with E-state index in [0.717, 1.165) is 9.58 Å². The zero-order valence-electron chi connectivity index (χ0n) is 7.40. The van der Waals surface area contributed by atoms with Crippen LogP contribution in [0.25, 0.3) is 0 Å². The summed E-state index contributed by atoms with van der Waals surface area (Å²) in [6, 6.07) is 0. The quantitative estimate of drug-likeness (QED) is 0.658. The van der Waals surface area contributed by atoms with E-state index in [1.807, 2.05) is 0 Å². The summed E-state index contributed by atoms with van der Waals surface area (Å²) in [5.74, 6) is -0.920. The summed E-state index contributed by atoms with van der Waals surface area (Å²) in [6.07, 6.45) is -4.51. The number of hydrogen-bond acceptors (Lipinski definition) is 4. The van der Waals surface area contributed by atoms with E-state index in [1.165, 1.54) is 0 Å². The number of alkyl halides is 3. The number of rotatable bonds is 1. The Kier molecular flexibility index (Phi) is 2.09. The van der Waals surface area contributed by atoms with Gasteiger partial charge in [-0.15, -0.1) is 15.1 Å². The number of halogens is 3. The van der Waals surface area contributed by atoms with Gasteiger partial charge in [-0.1, -0.05) is 0 Å². The van der Waals surface area contributed by atoms with Crippen molar-refractivity contribution in [3.8, 4) is 0 Å². The van der Waals surface area contributed by atoms with Gasteiger partial charge >= 0.3 is 6.18 Å². The Hall–Kier alpha value is -1.67. The molecular weight excluding hydrogens is 215 g/mol. The molecule has 0 bridgehead atoms. The molecule has 0 unspecified atom stereocenters. The molecule has 9 heteroatoms. The Labute approximate surface area is 81.6 Å². The Bertz CT molecular complexity index is 387. The van der Waals surface area contributed by atoms with Gasteiger partial charge in [0.1, 0.15) is 0 Å². The molecule has 1 aromatic heterocycles. The molecule has 2 rings (SSSR count). The van der Waals surface area contributed by atoms with Gasteiger partial charge in [-0.2, -0.15) is 13.2 Å². The molecule has 0 N–H and O–H groups in total. The summed E-state index contributed by atoms with van der Waals surface area (Å²) in [6.45, 7) is 0.118. The maximum Gasteiger partial charge on any atom is 0.451 e. The fourth-order valence-electron chi connectivity index (χ4n) is 1.42. The second-order valence-corrected chi connectivity index (χ2v) is 3.06. The van der Waals surface area contributed by atoms with Gasteiger partial charge in [-0.25, -0.2) is 0 Å². The first kappa shape index (κ1) is 9.87. The highest BCUT2D eigenvalue weighted by Gasteiger charge is 2.39. The molecule has 1 aliphatic rings. The molecule has 0 aromatic carbocycles. The largest absolute Gasteiger partial charge is 0.451 e. The SMILES string of the molecule is O=NN1CCn2c(nnc2C(F)(F)F)C1. The molecule has 0 radical (unpaired) electrons. The molecule has 1 aromatic rings. The van der Waals surface area contributed by atoms with Crippen molar-refractivity contribution in [1.29, 1.82) is 0 Å². The number of fused-ring (bicyclic) bond motifs is 1. The molecule has 0 amide bonds. The first-order chi connectivity index (χ1) is 7.02. The van der Waals surface area contributed by atoms with E-state index < -0.39 is 12.0 Å². The first-order valence-corrected chi connectivity index (χ1v) is 4.10. The summed E-state index contributed by atoms with van der Waals surface area (Å²) in [5, 5.41) is 10.2. The average Bonchev–Trinajstić information content (AvgIpc) is 2.59. The highest BCUT2D eigenvalue weighted by molar-refractivity contribution is 5.01. The van der Waals surface area contributed by atoms with Gasteiger partial charge in [0.2, 0.25) is 5.82 Å². The van der Waals surface area contributed by atoms with E-state index in [-0.39, 0.29) is 25.5 Å². The van der Waals surface area contributed by atoms with Crippen LogP contribution in [-0.4, -0.2) is 26.3 Å². The van der Waals surface area contributed by atoms with E-state index in [9.17, 15) is 18.1 Å². The minimum Gasteiger partial charge on any atom is -0.304 e. The Morgan fingerprint density at radius 1 is 1.27 bits per heavy atom. The topological polar surface area (TPSA) is 63.4 Å². The third-order valence-corrected chi connectivity index (χ3v) is 2.10. The van der Waals surface area contributed by atoms with Crippen molar-refractivity contribution >= 4 is 0 Å². The molecular formula is C6H6F3N5O. The van der Waals surface area contributed by atoms with Crippen LogP contribution < -0.4 is 0 Å². The van der Waals surface area contributed by atoms with Gasteiger partial charge < -0.3 is 4.57 Å². The van der Waals surface area contributed by atoms with Crippen molar-refractivity contribution in [2.75, 3.05) is 6.54 Å². The van der Waals surface area contributed by atoms with Gasteiger partial charge in [0.25, 0.3) is 0 Å².